The number of nitrogens with zero attached hydrogens (tertiary/aromatic N) is 4. The highest BCUT2D eigenvalue weighted by Gasteiger charge is 2.45. The molecule has 2 heterocycles. The molecule has 0 saturated carbocycles. The largest absolute Gasteiger partial charge is 0.465 e. The van der Waals surface area contributed by atoms with Crippen LogP contribution in [0.1, 0.15) is 43.1 Å². The zero-order chi connectivity index (χ0) is 31.5. The van der Waals surface area contributed by atoms with Gasteiger partial charge in [0, 0.05) is 19.5 Å². The molecule has 0 unspecified atom stereocenters. The third kappa shape index (κ3) is 7.24. The smallest absolute Gasteiger partial charge is 0.337 e. The molecule has 43 heavy (non-hydrogen) atoms. The van der Waals surface area contributed by atoms with Gasteiger partial charge < -0.3 is 20.1 Å². The molecule has 1 fully saturated rings. The molecule has 1 aliphatic rings. The molecular weight excluding hydrogens is 583 g/mol. The lowest BCUT2D eigenvalue weighted by molar-refractivity contribution is -0.141. The monoisotopic (exact) mass is 616 g/mol. The van der Waals surface area contributed by atoms with Crippen molar-refractivity contribution in [2.45, 2.75) is 56.8 Å². The number of aromatic nitrogens is 3. The van der Waals surface area contributed by atoms with E-state index in [2.05, 4.69) is 25.1 Å². The van der Waals surface area contributed by atoms with Gasteiger partial charge in [-0.15, -0.1) is 5.10 Å². The molecule has 230 valence electrons. The van der Waals surface area contributed by atoms with Crippen LogP contribution in [0.15, 0.2) is 59.8 Å². The average molecular weight is 617 g/mol. The Morgan fingerprint density at radius 2 is 1.86 bits per heavy atom. The summed E-state index contributed by atoms with van der Waals surface area (Å²) in [6, 6.07) is 7.37. The lowest BCUT2D eigenvalue weighted by atomic mass is 9.86. The van der Waals surface area contributed by atoms with Crippen LogP contribution in [0.25, 0.3) is 5.69 Å². The fraction of sp³-hybridized carbons (Fsp3) is 0.393. The Labute approximate surface area is 248 Å². The van der Waals surface area contributed by atoms with E-state index < -0.39 is 62.1 Å². The summed E-state index contributed by atoms with van der Waals surface area (Å²) in [4.78, 5) is 39.2. The fourth-order valence-corrected chi connectivity index (χ4v) is 6.16. The topological polar surface area (TPSA) is 173 Å². The second-order valence-corrected chi connectivity index (χ2v) is 12.9. The number of esters is 1. The molecule has 1 aromatic heterocycles. The quantitative estimate of drug-likeness (QED) is 0.298. The lowest BCUT2D eigenvalue weighted by Crippen LogP contribution is -2.57. The van der Waals surface area contributed by atoms with Crippen molar-refractivity contribution in [3.8, 4) is 5.69 Å². The summed E-state index contributed by atoms with van der Waals surface area (Å²) in [5.41, 5.74) is 0.303. The number of aliphatic hydroxyl groups excluding tert-OH is 1. The Balaban J connectivity index is 1.51. The van der Waals surface area contributed by atoms with Crippen LogP contribution in [0, 0.1) is 11.2 Å². The Hall–Kier alpha value is -4.21. The number of amides is 2. The van der Waals surface area contributed by atoms with Gasteiger partial charge in [-0.05, 0) is 41.3 Å². The summed E-state index contributed by atoms with van der Waals surface area (Å²) >= 11 is 0. The van der Waals surface area contributed by atoms with Crippen LogP contribution in [0.2, 0.25) is 0 Å². The number of aliphatic hydroxyl groups is 1. The van der Waals surface area contributed by atoms with Crippen LogP contribution in [0.3, 0.4) is 0 Å². The summed E-state index contributed by atoms with van der Waals surface area (Å²) in [7, 11) is -3.59. The third-order valence-electron chi connectivity index (χ3n) is 6.98. The molecule has 13 nitrogen and oxygen atoms in total. The normalized spacial score (nSPS) is 17.9. The van der Waals surface area contributed by atoms with Gasteiger partial charge in [-0.1, -0.05) is 38.1 Å². The highest BCUT2D eigenvalue weighted by molar-refractivity contribution is 7.89. The number of ether oxygens (including phenoxy) is 1. The molecule has 0 aliphatic carbocycles. The Morgan fingerprint density at radius 3 is 2.47 bits per heavy atom. The van der Waals surface area contributed by atoms with Crippen molar-refractivity contribution in [2.75, 3.05) is 13.7 Å². The second kappa shape index (κ2) is 12.6. The van der Waals surface area contributed by atoms with Crippen molar-refractivity contribution in [2.24, 2.45) is 5.41 Å². The van der Waals surface area contributed by atoms with E-state index in [9.17, 15) is 32.3 Å². The highest BCUT2D eigenvalue weighted by Crippen LogP contribution is 2.28. The SMILES string of the molecule is COC(=O)c1ccc(F)c(S(=O)(=O)N[C@H](C(=O)N2C[C@H](O)C[C@H]2C(=O)NCc2ccc(-n3ccnn3)cc2)C(C)(C)C)c1. The zero-order valence-corrected chi connectivity index (χ0v) is 24.8. The zero-order valence-electron chi connectivity index (χ0n) is 24.0. The minimum Gasteiger partial charge on any atom is -0.465 e. The van der Waals surface area contributed by atoms with Gasteiger partial charge in [-0.25, -0.2) is 22.3 Å². The van der Waals surface area contributed by atoms with E-state index in [-0.39, 0.29) is 25.1 Å². The predicted molar refractivity (Wildman–Crippen MR) is 151 cm³/mol. The molecule has 1 aliphatic heterocycles. The first-order valence-corrected chi connectivity index (χ1v) is 14.8. The van der Waals surface area contributed by atoms with Gasteiger partial charge in [-0.3, -0.25) is 9.59 Å². The molecule has 0 spiro atoms. The van der Waals surface area contributed by atoms with Crippen LogP contribution >= 0.6 is 0 Å². The van der Waals surface area contributed by atoms with Crippen molar-refractivity contribution in [3.05, 3.63) is 71.8 Å². The number of nitrogens with one attached hydrogen (secondary N) is 2. The van der Waals surface area contributed by atoms with Gasteiger partial charge in [0.2, 0.25) is 21.8 Å². The van der Waals surface area contributed by atoms with E-state index in [0.717, 1.165) is 41.5 Å². The number of hydrogen-bond donors (Lipinski definition) is 3. The van der Waals surface area contributed by atoms with Gasteiger partial charge >= 0.3 is 5.97 Å². The number of rotatable bonds is 9. The molecule has 0 bridgehead atoms. The first-order chi connectivity index (χ1) is 20.2. The van der Waals surface area contributed by atoms with Gasteiger partial charge in [-0.2, -0.15) is 4.72 Å². The molecule has 3 N–H and O–H groups in total. The van der Waals surface area contributed by atoms with E-state index >= 15 is 0 Å². The molecule has 4 rings (SSSR count). The van der Waals surface area contributed by atoms with E-state index in [0.29, 0.717) is 0 Å². The van der Waals surface area contributed by atoms with Crippen LogP contribution in [0.5, 0.6) is 0 Å². The Bertz CT molecular complexity index is 1590. The Morgan fingerprint density at radius 1 is 1.16 bits per heavy atom. The standard InChI is InChI=1S/C28H33FN6O7S/c1-28(2,3)24(32-43(40,41)23-13-18(27(39)42-4)7-10-21(23)29)26(38)34-16-20(36)14-22(34)25(37)30-15-17-5-8-19(9-6-17)35-12-11-31-33-35/h5-13,20,22,24,32,36H,14-16H2,1-4H3,(H,30,37)/t20-,22+,24-/m1/s1. The molecule has 2 aromatic carbocycles. The number of halogens is 1. The second-order valence-electron chi connectivity index (χ2n) is 11.2. The van der Waals surface area contributed by atoms with E-state index in [1.54, 1.807) is 62.1 Å². The molecule has 3 aromatic rings. The number of likely N-dealkylation sites (tertiary alicyclic amines) is 1. The number of sulfonamides is 1. The van der Waals surface area contributed by atoms with Crippen molar-refractivity contribution in [1.29, 1.82) is 0 Å². The van der Waals surface area contributed by atoms with Gasteiger partial charge in [0.25, 0.3) is 0 Å². The average Bonchev–Trinajstić information content (AvgIpc) is 3.64. The lowest BCUT2D eigenvalue weighted by Gasteiger charge is -2.35. The molecule has 3 atom stereocenters. The molecular formula is C28H33FN6O7S. The van der Waals surface area contributed by atoms with Gasteiger partial charge in [0.1, 0.15) is 22.8 Å². The van der Waals surface area contributed by atoms with Crippen LogP contribution < -0.4 is 10.0 Å². The van der Waals surface area contributed by atoms with E-state index in [1.165, 1.54) is 0 Å². The van der Waals surface area contributed by atoms with Crippen molar-refractivity contribution in [3.63, 3.8) is 0 Å². The van der Waals surface area contributed by atoms with Crippen LogP contribution in [-0.2, 0) is 30.9 Å². The van der Waals surface area contributed by atoms with Crippen molar-refractivity contribution < 1.29 is 37.0 Å². The van der Waals surface area contributed by atoms with Crippen LogP contribution in [0.4, 0.5) is 4.39 Å². The molecule has 0 radical (unpaired) electrons. The third-order valence-corrected chi connectivity index (χ3v) is 8.42. The minimum absolute atomic E-state index is 0.0533. The van der Waals surface area contributed by atoms with E-state index in [1.807, 2.05) is 0 Å². The number of methoxy groups -OCH3 is 1. The molecule has 2 amide bonds. The highest BCUT2D eigenvalue weighted by atomic mass is 32.2. The first-order valence-electron chi connectivity index (χ1n) is 13.3. The summed E-state index contributed by atoms with van der Waals surface area (Å²) in [6.45, 7) is 4.73. The summed E-state index contributed by atoms with van der Waals surface area (Å²) < 4.78 is 49.7. The molecule has 1 saturated heterocycles. The summed E-state index contributed by atoms with van der Waals surface area (Å²) in [5.74, 6) is -3.30. The minimum atomic E-state index is -4.68. The maximum absolute atomic E-state index is 14.7. The maximum atomic E-state index is 14.7. The van der Waals surface area contributed by atoms with Gasteiger partial charge in [0.15, 0.2) is 0 Å². The van der Waals surface area contributed by atoms with Crippen LogP contribution in [-0.4, -0.2) is 83.0 Å². The van der Waals surface area contributed by atoms with E-state index in [4.69, 9.17) is 0 Å². The Kier molecular flexibility index (Phi) is 9.27. The maximum Gasteiger partial charge on any atom is 0.337 e. The van der Waals surface area contributed by atoms with Crippen molar-refractivity contribution in [1.82, 2.24) is 29.9 Å². The van der Waals surface area contributed by atoms with Crippen molar-refractivity contribution >= 4 is 27.8 Å². The predicted octanol–water partition coefficient (Wildman–Crippen LogP) is 1.16. The summed E-state index contributed by atoms with van der Waals surface area (Å²) in [6.07, 6.45) is 2.16. The number of benzene rings is 2. The fourth-order valence-electron chi connectivity index (χ4n) is 4.66. The number of β-amino-alcohol motifs (C(OH)–C–C–N with tert-alkyl or cyclic N) is 1. The summed E-state index contributed by atoms with van der Waals surface area (Å²) in [5, 5.41) is 20.8. The number of carbonyl (C=O) groups excluding carboxylic acids is 3. The number of hydrogen-bond acceptors (Lipinski definition) is 9. The number of carbonyl (C=O) groups is 3. The molecule has 15 heteroatoms. The van der Waals surface area contributed by atoms with Gasteiger partial charge in [0.05, 0.1) is 36.9 Å². The first kappa shape index (κ1) is 31.7.